The van der Waals surface area contributed by atoms with Gasteiger partial charge >= 0.3 is 0 Å². The first-order chi connectivity index (χ1) is 13.0. The first-order valence-electron chi connectivity index (χ1n) is 10.0. The van der Waals surface area contributed by atoms with E-state index in [0.29, 0.717) is 13.0 Å². The standard InChI is InChI=1S/C21H33NO5/c1-4-5-12-22-16(11-13-23)17-18(24-14-15-9-7-6-8-10-15)19-20(25-17)27-21(2,3)26-19/h6-10,16-20,22-23H,4-5,11-14H2,1-3H3/t16-,17+,18-,19+,20+/m0/s1. The molecule has 0 bridgehead atoms. The average molecular weight is 379 g/mol. The molecular formula is C21H33NO5. The zero-order chi connectivity index (χ0) is 19.3. The zero-order valence-corrected chi connectivity index (χ0v) is 16.6. The second kappa shape index (κ2) is 9.45. The van der Waals surface area contributed by atoms with Crippen LogP contribution in [0, 0.1) is 0 Å². The number of nitrogens with one attached hydrogen (secondary N) is 1. The topological polar surface area (TPSA) is 69.2 Å². The minimum Gasteiger partial charge on any atom is -0.396 e. The quantitative estimate of drug-likeness (QED) is 0.609. The number of unbranched alkanes of at least 4 members (excludes halogenated alkanes) is 1. The largest absolute Gasteiger partial charge is 0.396 e. The van der Waals surface area contributed by atoms with E-state index >= 15 is 0 Å². The molecule has 3 rings (SSSR count). The van der Waals surface area contributed by atoms with Crippen LogP contribution in [0.15, 0.2) is 30.3 Å². The summed E-state index contributed by atoms with van der Waals surface area (Å²) in [6, 6.07) is 10.1. The summed E-state index contributed by atoms with van der Waals surface area (Å²) in [5.41, 5.74) is 1.11. The van der Waals surface area contributed by atoms with Crippen LogP contribution in [-0.2, 0) is 25.6 Å². The van der Waals surface area contributed by atoms with Gasteiger partial charge in [-0.1, -0.05) is 43.7 Å². The summed E-state index contributed by atoms with van der Waals surface area (Å²) in [4.78, 5) is 0. The molecule has 0 saturated carbocycles. The van der Waals surface area contributed by atoms with Gasteiger partial charge in [-0.05, 0) is 38.8 Å². The van der Waals surface area contributed by atoms with Crippen LogP contribution in [0.25, 0.3) is 0 Å². The smallest absolute Gasteiger partial charge is 0.190 e. The summed E-state index contributed by atoms with van der Waals surface area (Å²) in [7, 11) is 0. The van der Waals surface area contributed by atoms with Crippen molar-refractivity contribution < 1.29 is 24.1 Å². The first-order valence-corrected chi connectivity index (χ1v) is 10.0. The van der Waals surface area contributed by atoms with E-state index in [1.165, 1.54) is 0 Å². The monoisotopic (exact) mass is 379 g/mol. The highest BCUT2D eigenvalue weighted by molar-refractivity contribution is 5.13. The van der Waals surface area contributed by atoms with Crippen LogP contribution in [0.5, 0.6) is 0 Å². The Morgan fingerprint density at radius 2 is 2.00 bits per heavy atom. The third-order valence-corrected chi connectivity index (χ3v) is 5.09. The summed E-state index contributed by atoms with van der Waals surface area (Å²) < 4.78 is 24.5. The molecule has 0 unspecified atom stereocenters. The molecule has 0 radical (unpaired) electrons. The van der Waals surface area contributed by atoms with Gasteiger partial charge in [0.05, 0.1) is 6.61 Å². The number of hydrogen-bond donors (Lipinski definition) is 2. The Bertz CT molecular complexity index is 567. The summed E-state index contributed by atoms with van der Waals surface area (Å²) in [6.07, 6.45) is 1.58. The molecule has 6 heteroatoms. The van der Waals surface area contributed by atoms with Crippen LogP contribution in [0.3, 0.4) is 0 Å². The number of aliphatic hydroxyl groups excluding tert-OH is 1. The van der Waals surface area contributed by atoms with Crippen molar-refractivity contribution in [2.45, 2.75) is 83.1 Å². The third kappa shape index (κ3) is 5.28. The van der Waals surface area contributed by atoms with Crippen molar-refractivity contribution in [1.82, 2.24) is 5.32 Å². The predicted molar refractivity (Wildman–Crippen MR) is 102 cm³/mol. The lowest BCUT2D eigenvalue weighted by Gasteiger charge is -2.31. The van der Waals surface area contributed by atoms with Gasteiger partial charge in [-0.15, -0.1) is 0 Å². The van der Waals surface area contributed by atoms with Crippen LogP contribution < -0.4 is 5.32 Å². The van der Waals surface area contributed by atoms with Gasteiger partial charge in [0.1, 0.15) is 18.3 Å². The third-order valence-electron chi connectivity index (χ3n) is 5.09. The zero-order valence-electron chi connectivity index (χ0n) is 16.6. The Morgan fingerprint density at radius 3 is 2.70 bits per heavy atom. The highest BCUT2D eigenvalue weighted by Crippen LogP contribution is 2.40. The molecule has 2 saturated heterocycles. The van der Waals surface area contributed by atoms with Crippen molar-refractivity contribution in [2.24, 2.45) is 0 Å². The lowest BCUT2D eigenvalue weighted by molar-refractivity contribution is -0.222. The van der Waals surface area contributed by atoms with Crippen molar-refractivity contribution in [3.8, 4) is 0 Å². The fourth-order valence-electron chi connectivity index (χ4n) is 3.77. The summed E-state index contributed by atoms with van der Waals surface area (Å²) in [5.74, 6) is -0.684. The Kier molecular flexibility index (Phi) is 7.25. The van der Waals surface area contributed by atoms with E-state index in [4.69, 9.17) is 18.9 Å². The Morgan fingerprint density at radius 1 is 1.22 bits per heavy atom. The number of fused-ring (bicyclic) bond motifs is 1. The van der Waals surface area contributed by atoms with Gasteiger partial charge in [0.2, 0.25) is 0 Å². The molecular weight excluding hydrogens is 346 g/mol. The van der Waals surface area contributed by atoms with E-state index < -0.39 is 12.1 Å². The van der Waals surface area contributed by atoms with Crippen molar-refractivity contribution in [2.75, 3.05) is 13.2 Å². The van der Waals surface area contributed by atoms with E-state index in [1.807, 2.05) is 44.2 Å². The van der Waals surface area contributed by atoms with Gasteiger partial charge in [-0.3, -0.25) is 0 Å². The van der Waals surface area contributed by atoms with Crippen molar-refractivity contribution in [1.29, 1.82) is 0 Å². The Balaban J connectivity index is 1.71. The van der Waals surface area contributed by atoms with E-state index in [1.54, 1.807) is 0 Å². The predicted octanol–water partition coefficient (Wildman–Crippen LogP) is 2.59. The number of hydrogen-bond acceptors (Lipinski definition) is 6. The molecule has 1 aromatic rings. The second-order valence-electron chi connectivity index (χ2n) is 7.76. The first kappa shape index (κ1) is 20.7. The van der Waals surface area contributed by atoms with Crippen LogP contribution in [0.4, 0.5) is 0 Å². The van der Waals surface area contributed by atoms with E-state index in [-0.39, 0.29) is 31.0 Å². The van der Waals surface area contributed by atoms with E-state index in [2.05, 4.69) is 12.2 Å². The number of ether oxygens (including phenoxy) is 4. The maximum Gasteiger partial charge on any atom is 0.190 e. The number of rotatable bonds is 10. The molecule has 0 aliphatic carbocycles. The molecule has 6 nitrogen and oxygen atoms in total. The van der Waals surface area contributed by atoms with Crippen molar-refractivity contribution in [3.63, 3.8) is 0 Å². The van der Waals surface area contributed by atoms with Gasteiger partial charge in [0.15, 0.2) is 12.1 Å². The minimum atomic E-state index is -0.684. The van der Waals surface area contributed by atoms with Gasteiger partial charge < -0.3 is 29.4 Å². The van der Waals surface area contributed by atoms with Gasteiger partial charge in [0, 0.05) is 12.6 Å². The highest BCUT2D eigenvalue weighted by Gasteiger charge is 2.56. The lowest BCUT2D eigenvalue weighted by Crippen LogP contribution is -2.49. The second-order valence-corrected chi connectivity index (χ2v) is 7.76. The Hall–Kier alpha value is -1.02. The van der Waals surface area contributed by atoms with Gasteiger partial charge in [-0.25, -0.2) is 0 Å². The molecule has 2 heterocycles. The number of benzene rings is 1. The highest BCUT2D eigenvalue weighted by atomic mass is 16.8. The normalized spacial score (nSPS) is 30.4. The van der Waals surface area contributed by atoms with Crippen LogP contribution in [0.2, 0.25) is 0 Å². The molecule has 2 aliphatic heterocycles. The molecule has 0 aromatic heterocycles. The van der Waals surface area contributed by atoms with Gasteiger partial charge in [0.25, 0.3) is 0 Å². The summed E-state index contributed by atoms with van der Waals surface area (Å²) in [5, 5.41) is 13.1. The molecule has 0 spiro atoms. The minimum absolute atomic E-state index is 0.0109. The molecule has 152 valence electrons. The average Bonchev–Trinajstić information content (AvgIpc) is 3.12. The molecule has 5 atom stereocenters. The van der Waals surface area contributed by atoms with Gasteiger partial charge in [-0.2, -0.15) is 0 Å². The molecule has 27 heavy (non-hydrogen) atoms. The fourth-order valence-corrected chi connectivity index (χ4v) is 3.77. The van der Waals surface area contributed by atoms with Crippen molar-refractivity contribution >= 4 is 0 Å². The van der Waals surface area contributed by atoms with Crippen molar-refractivity contribution in [3.05, 3.63) is 35.9 Å². The van der Waals surface area contributed by atoms with Crippen LogP contribution in [0.1, 0.15) is 45.6 Å². The van der Waals surface area contributed by atoms with E-state index in [9.17, 15) is 5.11 Å². The molecule has 0 amide bonds. The maximum absolute atomic E-state index is 9.53. The molecule has 2 aliphatic rings. The molecule has 2 N–H and O–H groups in total. The SMILES string of the molecule is CCCCN[C@@H](CCO)[C@H]1O[C@@H]2OC(C)(C)O[C@@H]2[C@H]1OCc1ccccc1. The van der Waals surface area contributed by atoms with Crippen LogP contribution >= 0.6 is 0 Å². The molecule has 2 fully saturated rings. The summed E-state index contributed by atoms with van der Waals surface area (Å²) >= 11 is 0. The summed E-state index contributed by atoms with van der Waals surface area (Å²) in [6.45, 7) is 7.41. The number of aliphatic hydroxyl groups is 1. The van der Waals surface area contributed by atoms with E-state index in [0.717, 1.165) is 24.9 Å². The maximum atomic E-state index is 9.53. The Labute approximate surface area is 162 Å². The molecule has 1 aromatic carbocycles. The van der Waals surface area contributed by atoms with Crippen LogP contribution in [-0.4, -0.2) is 54.7 Å². The lowest BCUT2D eigenvalue weighted by atomic mass is 10.0. The fraction of sp³-hybridized carbons (Fsp3) is 0.714.